The van der Waals surface area contributed by atoms with Gasteiger partial charge in [0.25, 0.3) is 10.0 Å². The summed E-state index contributed by atoms with van der Waals surface area (Å²) >= 11 is 6.87. The number of rotatable bonds is 7. The van der Waals surface area contributed by atoms with Gasteiger partial charge >= 0.3 is 6.18 Å². The van der Waals surface area contributed by atoms with E-state index in [9.17, 15) is 26.4 Å². The van der Waals surface area contributed by atoms with Crippen LogP contribution in [0.5, 0.6) is 0 Å². The van der Waals surface area contributed by atoms with Crippen LogP contribution < -0.4 is 15.5 Å². The van der Waals surface area contributed by atoms with Gasteiger partial charge in [-0.15, -0.1) is 11.3 Å². The number of sulfonamides is 1. The molecule has 5 rings (SSSR count). The molecule has 1 aromatic carbocycles. The van der Waals surface area contributed by atoms with Gasteiger partial charge in [-0.3, -0.25) is 4.79 Å². The zero-order valence-electron chi connectivity index (χ0n) is 23.1. The predicted octanol–water partition coefficient (Wildman–Crippen LogP) is 4.78. The summed E-state index contributed by atoms with van der Waals surface area (Å²) in [5.41, 5.74) is 0.631. The van der Waals surface area contributed by atoms with Gasteiger partial charge in [0, 0.05) is 25.2 Å². The summed E-state index contributed by atoms with van der Waals surface area (Å²) in [5, 5.41) is 5.55. The van der Waals surface area contributed by atoms with Crippen LogP contribution in [0.4, 0.5) is 19.1 Å². The van der Waals surface area contributed by atoms with Gasteiger partial charge in [-0.2, -0.15) is 17.5 Å². The largest absolute Gasteiger partial charge is 0.416 e. The van der Waals surface area contributed by atoms with E-state index in [1.165, 1.54) is 28.6 Å². The first-order valence-corrected chi connectivity index (χ1v) is 16.0. The molecule has 2 fully saturated rings. The van der Waals surface area contributed by atoms with Crippen LogP contribution in [0.1, 0.15) is 36.9 Å². The summed E-state index contributed by atoms with van der Waals surface area (Å²) in [5.74, 6) is -0.00932. The number of nitrogens with zero attached hydrogens (tertiary/aromatic N) is 4. The van der Waals surface area contributed by atoms with Crippen LogP contribution in [0.25, 0.3) is 11.3 Å². The maximum absolute atomic E-state index is 13.1. The first kappa shape index (κ1) is 32.1. The van der Waals surface area contributed by atoms with Gasteiger partial charge in [-0.05, 0) is 70.1 Å². The number of nitrogens with one attached hydrogen (secondary N) is 2. The first-order valence-electron chi connectivity index (χ1n) is 13.4. The third kappa shape index (κ3) is 7.59. The van der Waals surface area contributed by atoms with Gasteiger partial charge in [-0.25, -0.2) is 18.4 Å². The molecule has 0 aliphatic carbocycles. The minimum atomic E-state index is -4.45. The van der Waals surface area contributed by atoms with E-state index in [0.717, 1.165) is 49.4 Å². The molecule has 42 heavy (non-hydrogen) atoms. The van der Waals surface area contributed by atoms with Crippen LogP contribution in [0.3, 0.4) is 0 Å². The van der Waals surface area contributed by atoms with E-state index in [2.05, 4.69) is 20.6 Å². The Kier molecular flexibility index (Phi) is 10.5. The lowest BCUT2D eigenvalue weighted by molar-refractivity contribution is -0.137. The first-order chi connectivity index (χ1) is 19.9. The molecule has 0 radical (unpaired) electrons. The highest BCUT2D eigenvalue weighted by molar-refractivity contribution is 7.91. The average Bonchev–Trinajstić information content (AvgIpc) is 3.74. The number of aromatic nitrogens is 2. The fourth-order valence-corrected chi connectivity index (χ4v) is 8.02. The quantitative estimate of drug-likeness (QED) is 0.381. The monoisotopic (exact) mass is 644 g/mol. The molecule has 2 aliphatic heterocycles. The van der Waals surface area contributed by atoms with Crippen molar-refractivity contribution in [3.63, 3.8) is 0 Å². The van der Waals surface area contributed by atoms with Gasteiger partial charge in [0.15, 0.2) is 0 Å². The number of amides is 1. The molecule has 228 valence electrons. The summed E-state index contributed by atoms with van der Waals surface area (Å²) < 4.78 is 67.0. The second-order valence-corrected chi connectivity index (χ2v) is 13.7. The topological polar surface area (TPSA) is 108 Å². The molecule has 4 heterocycles. The Labute approximate surface area is 252 Å². The maximum atomic E-state index is 13.1. The standard InChI is InChI=1S/C25H25ClF3N5O3S2.C2H7N/c26-21-9-10-22(38-21)39(36,37)34-13-3-4-20(34)23(35)30-15-18-14-19(32-24(31-18)33-11-1-2-12-33)16-5-7-17(8-6-16)25(27,28)29;1-3-2/h5-10,14,20H,1-4,11-13,15H2,(H,30,35);3H,1-2H3/t20-;/m0./s1. The van der Waals surface area contributed by atoms with E-state index in [-0.39, 0.29) is 17.3 Å². The van der Waals surface area contributed by atoms with Crippen LogP contribution in [0.15, 0.2) is 46.7 Å². The van der Waals surface area contributed by atoms with Crippen molar-refractivity contribution >= 4 is 44.8 Å². The number of hydrogen-bond donors (Lipinski definition) is 2. The fourth-order valence-electron chi connectivity index (χ4n) is 4.75. The van der Waals surface area contributed by atoms with E-state index >= 15 is 0 Å². The molecule has 2 aromatic heterocycles. The molecule has 3 aromatic rings. The smallest absolute Gasteiger partial charge is 0.349 e. The number of alkyl halides is 3. The van der Waals surface area contributed by atoms with Crippen molar-refractivity contribution < 1.29 is 26.4 Å². The zero-order chi connectivity index (χ0) is 30.5. The Hall–Kier alpha value is -2.78. The van der Waals surface area contributed by atoms with Gasteiger partial charge in [-0.1, -0.05) is 23.7 Å². The average molecular weight is 645 g/mol. The molecule has 2 N–H and O–H groups in total. The molecule has 0 unspecified atom stereocenters. The summed E-state index contributed by atoms with van der Waals surface area (Å²) in [6.45, 7) is 1.74. The minimum Gasteiger partial charge on any atom is -0.349 e. The maximum Gasteiger partial charge on any atom is 0.416 e. The van der Waals surface area contributed by atoms with Gasteiger partial charge in [0.1, 0.15) is 10.3 Å². The van der Waals surface area contributed by atoms with Gasteiger partial charge < -0.3 is 15.5 Å². The van der Waals surface area contributed by atoms with Crippen molar-refractivity contribution in [1.82, 2.24) is 24.9 Å². The number of carbonyl (C=O) groups excluding carboxylic acids is 1. The summed E-state index contributed by atoms with van der Waals surface area (Å²) in [4.78, 5) is 24.3. The zero-order valence-corrected chi connectivity index (χ0v) is 25.5. The number of hydrogen-bond acceptors (Lipinski definition) is 8. The van der Waals surface area contributed by atoms with Crippen molar-refractivity contribution in [1.29, 1.82) is 0 Å². The lowest BCUT2D eigenvalue weighted by Gasteiger charge is -2.23. The lowest BCUT2D eigenvalue weighted by atomic mass is 10.1. The molecule has 2 aliphatic rings. The Morgan fingerprint density at radius 3 is 2.31 bits per heavy atom. The van der Waals surface area contributed by atoms with E-state index in [1.807, 2.05) is 19.0 Å². The summed E-state index contributed by atoms with van der Waals surface area (Å²) in [7, 11) is -0.125. The second-order valence-electron chi connectivity index (χ2n) is 9.86. The van der Waals surface area contributed by atoms with Crippen LogP contribution in [-0.2, 0) is 27.5 Å². The van der Waals surface area contributed by atoms with E-state index in [4.69, 9.17) is 11.6 Å². The summed E-state index contributed by atoms with van der Waals surface area (Å²) in [6, 6.07) is 8.42. The van der Waals surface area contributed by atoms with Crippen LogP contribution in [-0.4, -0.2) is 68.4 Å². The SMILES string of the molecule is CNC.O=C(NCc1cc(-c2ccc(C(F)(F)F)cc2)nc(N2CCCC2)n1)[C@@H]1CCCN1S(=O)(=O)c1ccc(Cl)s1. The van der Waals surface area contributed by atoms with Crippen LogP contribution in [0.2, 0.25) is 4.34 Å². The summed E-state index contributed by atoms with van der Waals surface area (Å²) in [6.07, 6.45) is -1.58. The third-order valence-electron chi connectivity index (χ3n) is 6.73. The number of carbonyl (C=O) groups is 1. The molecular weight excluding hydrogens is 613 g/mol. The number of benzene rings is 1. The molecule has 1 atom stereocenters. The Bertz CT molecular complexity index is 1480. The highest BCUT2D eigenvalue weighted by Crippen LogP contribution is 2.33. The van der Waals surface area contributed by atoms with Crippen LogP contribution >= 0.6 is 22.9 Å². The number of anilines is 1. The van der Waals surface area contributed by atoms with Crippen molar-refractivity contribution in [2.45, 2.75) is 48.7 Å². The molecular formula is C27H32ClF3N6O3S2. The molecule has 0 spiro atoms. The number of thiophene rings is 1. The highest BCUT2D eigenvalue weighted by atomic mass is 35.5. The third-order valence-corrected chi connectivity index (χ3v) is 10.3. The predicted molar refractivity (Wildman–Crippen MR) is 157 cm³/mol. The fraction of sp³-hybridized carbons (Fsp3) is 0.444. The molecule has 2 saturated heterocycles. The Morgan fingerprint density at radius 2 is 1.71 bits per heavy atom. The Balaban J connectivity index is 0.00000129. The lowest BCUT2D eigenvalue weighted by Crippen LogP contribution is -2.45. The molecule has 9 nitrogen and oxygen atoms in total. The van der Waals surface area contributed by atoms with Crippen molar-refractivity contribution in [3.05, 3.63) is 58.1 Å². The number of halogens is 4. The normalized spacial score (nSPS) is 17.7. The molecule has 0 saturated carbocycles. The van der Waals surface area contributed by atoms with E-state index < -0.39 is 33.7 Å². The van der Waals surface area contributed by atoms with Gasteiger partial charge in [0.2, 0.25) is 11.9 Å². The Morgan fingerprint density at radius 1 is 1.05 bits per heavy atom. The van der Waals surface area contributed by atoms with Crippen molar-refractivity contribution in [2.24, 2.45) is 0 Å². The minimum absolute atomic E-state index is 0.00501. The highest BCUT2D eigenvalue weighted by Gasteiger charge is 2.40. The van der Waals surface area contributed by atoms with Gasteiger partial charge in [0.05, 0.1) is 27.8 Å². The second kappa shape index (κ2) is 13.7. The van der Waals surface area contributed by atoms with Crippen LogP contribution in [0, 0.1) is 0 Å². The molecule has 1 amide bonds. The van der Waals surface area contributed by atoms with E-state index in [1.54, 1.807) is 6.07 Å². The van der Waals surface area contributed by atoms with Crippen molar-refractivity contribution in [2.75, 3.05) is 38.6 Å². The molecule has 0 bridgehead atoms. The molecule has 15 heteroatoms. The van der Waals surface area contributed by atoms with E-state index in [0.29, 0.717) is 40.1 Å². The van der Waals surface area contributed by atoms with Crippen molar-refractivity contribution in [3.8, 4) is 11.3 Å².